The zero-order valence-electron chi connectivity index (χ0n) is 10.3. The van der Waals surface area contributed by atoms with Gasteiger partial charge >= 0.3 is 0 Å². The fourth-order valence-corrected chi connectivity index (χ4v) is 2.02. The van der Waals surface area contributed by atoms with Crippen molar-refractivity contribution in [2.45, 2.75) is 25.4 Å². The fourth-order valence-electron chi connectivity index (χ4n) is 2.02. The lowest BCUT2D eigenvalue weighted by molar-refractivity contribution is 0.164. The van der Waals surface area contributed by atoms with Crippen molar-refractivity contribution in [3.05, 3.63) is 65.7 Å². The molecule has 2 N–H and O–H groups in total. The van der Waals surface area contributed by atoms with Gasteiger partial charge in [0, 0.05) is 6.42 Å². The fraction of sp³-hybridized carbons (Fsp3) is 0.250. The van der Waals surface area contributed by atoms with Crippen molar-refractivity contribution in [1.29, 1.82) is 0 Å². The van der Waals surface area contributed by atoms with E-state index in [1.807, 2.05) is 30.3 Å². The number of hydrogen-bond donors (Lipinski definition) is 2. The SMILES string of the molecule is Oc1ccccc1CC(O)CCc1ccccc1. The molecule has 0 saturated carbocycles. The summed E-state index contributed by atoms with van der Waals surface area (Å²) in [4.78, 5) is 0. The summed E-state index contributed by atoms with van der Waals surface area (Å²) in [6, 6.07) is 17.3. The highest BCUT2D eigenvalue weighted by Gasteiger charge is 2.08. The first-order valence-corrected chi connectivity index (χ1v) is 6.24. The van der Waals surface area contributed by atoms with E-state index in [0.717, 1.165) is 12.0 Å². The van der Waals surface area contributed by atoms with E-state index in [2.05, 4.69) is 12.1 Å². The molecule has 0 aliphatic rings. The number of aliphatic hydroxyl groups excluding tert-OH is 1. The van der Waals surface area contributed by atoms with Crippen molar-refractivity contribution in [1.82, 2.24) is 0 Å². The molecule has 0 bridgehead atoms. The first-order valence-electron chi connectivity index (χ1n) is 6.24. The third-order valence-electron chi connectivity index (χ3n) is 3.06. The van der Waals surface area contributed by atoms with Crippen LogP contribution in [-0.4, -0.2) is 16.3 Å². The molecular weight excluding hydrogens is 224 g/mol. The van der Waals surface area contributed by atoms with Crippen LogP contribution in [0.3, 0.4) is 0 Å². The Morgan fingerprint density at radius 3 is 2.28 bits per heavy atom. The molecule has 0 amide bonds. The van der Waals surface area contributed by atoms with Gasteiger partial charge in [-0.1, -0.05) is 48.5 Å². The van der Waals surface area contributed by atoms with Crippen molar-refractivity contribution in [2.24, 2.45) is 0 Å². The van der Waals surface area contributed by atoms with E-state index >= 15 is 0 Å². The summed E-state index contributed by atoms with van der Waals surface area (Å²) in [6.45, 7) is 0. The number of rotatable bonds is 5. The molecule has 2 aromatic carbocycles. The lowest BCUT2D eigenvalue weighted by Crippen LogP contribution is -2.11. The van der Waals surface area contributed by atoms with Crippen LogP contribution in [0.5, 0.6) is 5.75 Å². The number of benzene rings is 2. The van der Waals surface area contributed by atoms with Crippen molar-refractivity contribution < 1.29 is 10.2 Å². The summed E-state index contributed by atoms with van der Waals surface area (Å²) in [5, 5.41) is 19.6. The van der Waals surface area contributed by atoms with Gasteiger partial charge in [0.15, 0.2) is 0 Å². The summed E-state index contributed by atoms with van der Waals surface area (Å²) in [6.07, 6.45) is 1.64. The van der Waals surface area contributed by atoms with E-state index in [1.165, 1.54) is 5.56 Å². The molecule has 0 spiro atoms. The first-order chi connectivity index (χ1) is 8.75. The maximum Gasteiger partial charge on any atom is 0.118 e. The summed E-state index contributed by atoms with van der Waals surface area (Å²) in [7, 11) is 0. The van der Waals surface area contributed by atoms with Gasteiger partial charge in [0.2, 0.25) is 0 Å². The number of aryl methyl sites for hydroxylation is 1. The Balaban J connectivity index is 1.86. The largest absolute Gasteiger partial charge is 0.508 e. The normalized spacial score (nSPS) is 12.3. The Bertz CT molecular complexity index is 479. The maximum atomic E-state index is 9.98. The minimum atomic E-state index is -0.418. The molecule has 0 saturated heterocycles. The smallest absolute Gasteiger partial charge is 0.118 e. The van der Waals surface area contributed by atoms with Gasteiger partial charge in [-0.2, -0.15) is 0 Å². The van der Waals surface area contributed by atoms with Crippen molar-refractivity contribution in [3.8, 4) is 5.75 Å². The molecular formula is C16H18O2. The molecule has 1 atom stereocenters. The zero-order valence-corrected chi connectivity index (χ0v) is 10.3. The number of aliphatic hydroxyl groups is 1. The van der Waals surface area contributed by atoms with Gasteiger partial charge in [0.25, 0.3) is 0 Å². The van der Waals surface area contributed by atoms with Gasteiger partial charge in [0.1, 0.15) is 5.75 Å². The quantitative estimate of drug-likeness (QED) is 0.846. The molecule has 2 heteroatoms. The number of aromatic hydroxyl groups is 1. The summed E-state index contributed by atoms with van der Waals surface area (Å²) < 4.78 is 0. The van der Waals surface area contributed by atoms with Crippen molar-refractivity contribution in [3.63, 3.8) is 0 Å². The second-order valence-electron chi connectivity index (χ2n) is 4.51. The number of para-hydroxylation sites is 1. The topological polar surface area (TPSA) is 40.5 Å². The van der Waals surface area contributed by atoms with Crippen LogP contribution in [0.1, 0.15) is 17.5 Å². The van der Waals surface area contributed by atoms with Crippen LogP contribution in [-0.2, 0) is 12.8 Å². The second kappa shape index (κ2) is 6.22. The minimum absolute atomic E-state index is 0.260. The molecule has 0 aromatic heterocycles. The van der Waals surface area contributed by atoms with Crippen LogP contribution in [0.25, 0.3) is 0 Å². The molecule has 0 radical (unpaired) electrons. The van der Waals surface area contributed by atoms with Crippen molar-refractivity contribution in [2.75, 3.05) is 0 Å². The third kappa shape index (κ3) is 3.60. The third-order valence-corrected chi connectivity index (χ3v) is 3.06. The van der Waals surface area contributed by atoms with E-state index in [9.17, 15) is 10.2 Å². The molecule has 0 heterocycles. The predicted octanol–water partition coefficient (Wildman–Crippen LogP) is 2.93. The van der Waals surface area contributed by atoms with Crippen LogP contribution < -0.4 is 0 Å². The predicted molar refractivity (Wildman–Crippen MR) is 72.6 cm³/mol. The molecule has 0 aliphatic heterocycles. The van der Waals surface area contributed by atoms with E-state index < -0.39 is 6.10 Å². The van der Waals surface area contributed by atoms with Crippen LogP contribution in [0, 0.1) is 0 Å². The van der Waals surface area contributed by atoms with Gasteiger partial charge in [-0.3, -0.25) is 0 Å². The standard InChI is InChI=1S/C16H18O2/c17-15(11-10-13-6-2-1-3-7-13)12-14-8-4-5-9-16(14)18/h1-9,15,17-18H,10-12H2. The van der Waals surface area contributed by atoms with E-state index in [4.69, 9.17) is 0 Å². The first kappa shape index (κ1) is 12.7. The van der Waals surface area contributed by atoms with Crippen LogP contribution in [0.2, 0.25) is 0 Å². The number of phenolic OH excluding ortho intramolecular Hbond substituents is 1. The van der Waals surface area contributed by atoms with E-state index in [1.54, 1.807) is 12.1 Å². The lowest BCUT2D eigenvalue weighted by atomic mass is 10.0. The van der Waals surface area contributed by atoms with Gasteiger partial charge < -0.3 is 10.2 Å². The summed E-state index contributed by atoms with van der Waals surface area (Å²) in [5.74, 6) is 0.260. The molecule has 1 unspecified atom stereocenters. The average molecular weight is 242 g/mol. The number of phenols is 1. The molecule has 18 heavy (non-hydrogen) atoms. The van der Waals surface area contributed by atoms with E-state index in [0.29, 0.717) is 12.8 Å². The van der Waals surface area contributed by atoms with E-state index in [-0.39, 0.29) is 5.75 Å². The maximum absolute atomic E-state index is 9.98. The number of hydrogen-bond acceptors (Lipinski definition) is 2. The van der Waals surface area contributed by atoms with Gasteiger partial charge in [-0.05, 0) is 30.0 Å². The van der Waals surface area contributed by atoms with Gasteiger partial charge in [0.05, 0.1) is 6.10 Å². The molecule has 0 fully saturated rings. The highest BCUT2D eigenvalue weighted by atomic mass is 16.3. The molecule has 2 rings (SSSR count). The zero-order chi connectivity index (χ0) is 12.8. The Morgan fingerprint density at radius 2 is 1.56 bits per heavy atom. The molecule has 2 aromatic rings. The average Bonchev–Trinajstić information content (AvgIpc) is 2.40. The Kier molecular flexibility index (Phi) is 4.37. The monoisotopic (exact) mass is 242 g/mol. The Hall–Kier alpha value is -1.80. The van der Waals surface area contributed by atoms with Crippen LogP contribution in [0.15, 0.2) is 54.6 Å². The summed E-state index contributed by atoms with van der Waals surface area (Å²) >= 11 is 0. The van der Waals surface area contributed by atoms with Crippen LogP contribution in [0.4, 0.5) is 0 Å². The van der Waals surface area contributed by atoms with Crippen LogP contribution >= 0.6 is 0 Å². The summed E-state index contributed by atoms with van der Waals surface area (Å²) in [5.41, 5.74) is 2.03. The Labute approximate surface area is 108 Å². The van der Waals surface area contributed by atoms with Gasteiger partial charge in [-0.15, -0.1) is 0 Å². The van der Waals surface area contributed by atoms with Crippen molar-refractivity contribution >= 4 is 0 Å². The molecule has 0 aliphatic carbocycles. The highest BCUT2D eigenvalue weighted by Crippen LogP contribution is 2.18. The molecule has 94 valence electrons. The highest BCUT2D eigenvalue weighted by molar-refractivity contribution is 5.32. The minimum Gasteiger partial charge on any atom is -0.508 e. The second-order valence-corrected chi connectivity index (χ2v) is 4.51. The lowest BCUT2D eigenvalue weighted by Gasteiger charge is -2.11. The Morgan fingerprint density at radius 1 is 0.889 bits per heavy atom. The molecule has 2 nitrogen and oxygen atoms in total. The van der Waals surface area contributed by atoms with Gasteiger partial charge in [-0.25, -0.2) is 0 Å².